The third kappa shape index (κ3) is 1.94. The minimum atomic E-state index is 0.125. The van der Waals surface area contributed by atoms with E-state index in [4.69, 9.17) is 0 Å². The molecule has 1 heterocycles. The monoisotopic (exact) mass is 242 g/mol. The van der Waals surface area contributed by atoms with Crippen molar-refractivity contribution in [3.63, 3.8) is 0 Å². The van der Waals surface area contributed by atoms with Gasteiger partial charge in [0, 0.05) is 23.7 Å². The first kappa shape index (κ1) is 11.5. The molecule has 18 heavy (non-hydrogen) atoms. The molecule has 2 aliphatic rings. The minimum Gasteiger partial charge on any atom is -0.310 e. The number of hydrogen-bond acceptors (Lipinski definition) is 2. The van der Waals surface area contributed by atoms with Gasteiger partial charge in [-0.15, -0.1) is 0 Å². The van der Waals surface area contributed by atoms with Gasteiger partial charge >= 0.3 is 0 Å². The maximum atomic E-state index is 12.2. The van der Waals surface area contributed by atoms with Crippen molar-refractivity contribution in [2.75, 3.05) is 18.0 Å². The lowest BCUT2D eigenvalue weighted by Crippen LogP contribution is -2.33. The van der Waals surface area contributed by atoms with Gasteiger partial charge in [-0.2, -0.15) is 0 Å². The number of aliphatic imine (C=N–C) groups is 1. The second-order valence-electron chi connectivity index (χ2n) is 5.04. The first-order valence-corrected chi connectivity index (χ1v) is 6.75. The Balaban J connectivity index is 2.07. The summed E-state index contributed by atoms with van der Waals surface area (Å²) in [5.41, 5.74) is 3.37. The fraction of sp³-hybridized carbons (Fsp3) is 0.467. The summed E-state index contributed by atoms with van der Waals surface area (Å²) in [5, 5.41) is 0. The summed E-state index contributed by atoms with van der Waals surface area (Å²) in [6.45, 7) is 3.19. The van der Waals surface area contributed by atoms with E-state index in [0.29, 0.717) is 12.5 Å². The van der Waals surface area contributed by atoms with Crippen LogP contribution in [0.5, 0.6) is 0 Å². The second kappa shape index (κ2) is 4.56. The summed E-state index contributed by atoms with van der Waals surface area (Å²) in [4.78, 5) is 18.6. The molecule has 1 aromatic carbocycles. The number of rotatable bonds is 3. The molecule has 3 heteroatoms. The molecule has 1 aromatic rings. The van der Waals surface area contributed by atoms with Crippen LogP contribution in [-0.4, -0.2) is 24.7 Å². The highest BCUT2D eigenvalue weighted by molar-refractivity contribution is 6.13. The fourth-order valence-corrected chi connectivity index (χ4v) is 2.56. The first-order valence-electron chi connectivity index (χ1n) is 6.75. The summed E-state index contributed by atoms with van der Waals surface area (Å²) >= 11 is 0. The van der Waals surface area contributed by atoms with Crippen LogP contribution in [-0.2, 0) is 4.79 Å². The standard InChI is InChI=1S/C15H18N2O/c1-2-9-17-13-6-4-3-5-12(13)15(11-7-8-11)16-10-14(17)18/h3-6,11H,2,7-10H2,1H3. The number of amides is 1. The van der Waals surface area contributed by atoms with Crippen molar-refractivity contribution >= 4 is 17.3 Å². The number of benzodiazepines with no additional fused rings is 1. The number of hydrogen-bond donors (Lipinski definition) is 0. The zero-order valence-electron chi connectivity index (χ0n) is 10.7. The molecule has 0 saturated heterocycles. The van der Waals surface area contributed by atoms with Crippen LogP contribution in [0.3, 0.4) is 0 Å². The van der Waals surface area contributed by atoms with Gasteiger partial charge in [0.2, 0.25) is 5.91 Å². The molecule has 0 unspecified atom stereocenters. The molecule has 0 atom stereocenters. The van der Waals surface area contributed by atoms with Crippen molar-refractivity contribution in [3.05, 3.63) is 29.8 Å². The number of carbonyl (C=O) groups is 1. The molecule has 1 saturated carbocycles. The Hall–Kier alpha value is -1.64. The lowest BCUT2D eigenvalue weighted by Gasteiger charge is -2.22. The van der Waals surface area contributed by atoms with Crippen LogP contribution in [0, 0.1) is 5.92 Å². The van der Waals surface area contributed by atoms with Gasteiger partial charge in [0.15, 0.2) is 0 Å². The van der Waals surface area contributed by atoms with Crippen LogP contribution < -0.4 is 4.90 Å². The van der Waals surface area contributed by atoms with E-state index >= 15 is 0 Å². The van der Waals surface area contributed by atoms with Crippen molar-refractivity contribution < 1.29 is 4.79 Å². The predicted octanol–water partition coefficient (Wildman–Crippen LogP) is 2.64. The Morgan fingerprint density at radius 3 is 2.83 bits per heavy atom. The van der Waals surface area contributed by atoms with Crippen LogP contribution in [0.25, 0.3) is 0 Å². The topological polar surface area (TPSA) is 32.7 Å². The predicted molar refractivity (Wildman–Crippen MR) is 73.2 cm³/mol. The SMILES string of the molecule is CCCN1C(=O)CN=C(C2CC2)c2ccccc21. The molecule has 0 radical (unpaired) electrons. The van der Waals surface area contributed by atoms with E-state index in [0.717, 1.165) is 24.4 Å². The first-order chi connectivity index (χ1) is 8.81. The smallest absolute Gasteiger partial charge is 0.248 e. The lowest BCUT2D eigenvalue weighted by atomic mass is 10.0. The normalized spacial score (nSPS) is 19.3. The number of carbonyl (C=O) groups excluding carboxylic acids is 1. The van der Waals surface area contributed by atoms with E-state index in [2.05, 4.69) is 18.0 Å². The summed E-state index contributed by atoms with van der Waals surface area (Å²) in [6.07, 6.45) is 3.41. The van der Waals surface area contributed by atoms with Gasteiger partial charge in [-0.1, -0.05) is 25.1 Å². The number of anilines is 1. The van der Waals surface area contributed by atoms with Gasteiger partial charge in [0.05, 0.1) is 5.69 Å². The van der Waals surface area contributed by atoms with Gasteiger partial charge in [-0.25, -0.2) is 0 Å². The van der Waals surface area contributed by atoms with Crippen LogP contribution >= 0.6 is 0 Å². The highest BCUT2D eigenvalue weighted by atomic mass is 16.2. The van der Waals surface area contributed by atoms with Crippen molar-refractivity contribution in [1.29, 1.82) is 0 Å². The number of nitrogens with zero attached hydrogens (tertiary/aromatic N) is 2. The molecule has 0 bridgehead atoms. The summed E-state index contributed by atoms with van der Waals surface area (Å²) in [5.74, 6) is 0.709. The van der Waals surface area contributed by atoms with Gasteiger partial charge in [-0.05, 0) is 25.3 Å². The largest absolute Gasteiger partial charge is 0.310 e. The minimum absolute atomic E-state index is 0.125. The van der Waals surface area contributed by atoms with Gasteiger partial charge < -0.3 is 4.90 Å². The second-order valence-corrected chi connectivity index (χ2v) is 5.04. The molecule has 0 N–H and O–H groups in total. The van der Waals surface area contributed by atoms with Crippen molar-refractivity contribution in [1.82, 2.24) is 0 Å². The molecule has 1 fully saturated rings. The van der Waals surface area contributed by atoms with E-state index in [9.17, 15) is 4.79 Å². The molecule has 1 aliphatic heterocycles. The molecule has 3 rings (SSSR count). The van der Waals surface area contributed by atoms with E-state index in [1.165, 1.54) is 18.4 Å². The molecule has 1 aliphatic carbocycles. The quantitative estimate of drug-likeness (QED) is 0.802. The highest BCUT2D eigenvalue weighted by Crippen LogP contribution is 2.37. The van der Waals surface area contributed by atoms with Crippen LogP contribution in [0.1, 0.15) is 31.7 Å². The third-order valence-corrected chi connectivity index (χ3v) is 3.57. The fourth-order valence-electron chi connectivity index (χ4n) is 2.56. The average Bonchev–Trinajstić information content (AvgIpc) is 3.21. The summed E-state index contributed by atoms with van der Waals surface area (Å²) < 4.78 is 0. The Morgan fingerprint density at radius 2 is 2.11 bits per heavy atom. The van der Waals surface area contributed by atoms with Crippen molar-refractivity contribution in [2.24, 2.45) is 10.9 Å². The highest BCUT2D eigenvalue weighted by Gasteiger charge is 2.33. The summed E-state index contributed by atoms with van der Waals surface area (Å²) in [6, 6.07) is 8.20. The van der Waals surface area contributed by atoms with E-state index in [1.807, 2.05) is 23.1 Å². The molecular weight excluding hydrogens is 224 g/mol. The van der Waals surface area contributed by atoms with Crippen LogP contribution in [0.4, 0.5) is 5.69 Å². The Kier molecular flexibility index (Phi) is 2.90. The van der Waals surface area contributed by atoms with Gasteiger partial charge in [0.25, 0.3) is 0 Å². The zero-order valence-corrected chi connectivity index (χ0v) is 10.7. The van der Waals surface area contributed by atoms with Crippen LogP contribution in [0.2, 0.25) is 0 Å². The van der Waals surface area contributed by atoms with E-state index < -0.39 is 0 Å². The number of para-hydroxylation sites is 1. The maximum absolute atomic E-state index is 12.2. The Labute approximate surface area is 108 Å². The average molecular weight is 242 g/mol. The van der Waals surface area contributed by atoms with E-state index in [-0.39, 0.29) is 5.91 Å². The maximum Gasteiger partial charge on any atom is 0.248 e. The molecule has 1 amide bonds. The molecule has 94 valence electrons. The van der Waals surface area contributed by atoms with Crippen molar-refractivity contribution in [3.8, 4) is 0 Å². The Bertz CT molecular complexity index is 503. The molecular formula is C15H18N2O. The zero-order chi connectivity index (χ0) is 12.5. The Morgan fingerprint density at radius 1 is 1.33 bits per heavy atom. The molecule has 3 nitrogen and oxygen atoms in total. The summed E-state index contributed by atoms with van der Waals surface area (Å²) in [7, 11) is 0. The number of benzene rings is 1. The van der Waals surface area contributed by atoms with Crippen molar-refractivity contribution in [2.45, 2.75) is 26.2 Å². The molecule has 0 spiro atoms. The van der Waals surface area contributed by atoms with E-state index in [1.54, 1.807) is 0 Å². The lowest BCUT2D eigenvalue weighted by molar-refractivity contribution is -0.117. The van der Waals surface area contributed by atoms with Crippen LogP contribution in [0.15, 0.2) is 29.3 Å². The van der Waals surface area contributed by atoms with Gasteiger partial charge in [0.1, 0.15) is 6.54 Å². The molecule has 0 aromatic heterocycles. The number of fused-ring (bicyclic) bond motifs is 1. The van der Waals surface area contributed by atoms with Gasteiger partial charge in [-0.3, -0.25) is 9.79 Å². The third-order valence-electron chi connectivity index (χ3n) is 3.57.